The van der Waals surface area contributed by atoms with Gasteiger partial charge in [0.15, 0.2) is 6.61 Å². The van der Waals surface area contributed by atoms with Gasteiger partial charge in [-0.15, -0.1) is 0 Å². The van der Waals surface area contributed by atoms with Crippen molar-refractivity contribution in [3.8, 4) is 11.5 Å². The molecule has 0 unspecified atom stereocenters. The molecule has 2 aromatic rings. The Balaban J connectivity index is 1.15. The Bertz CT molecular complexity index is 874. The van der Waals surface area contributed by atoms with Crippen LogP contribution in [0.3, 0.4) is 0 Å². The van der Waals surface area contributed by atoms with E-state index in [4.69, 9.17) is 9.47 Å². The normalized spacial score (nSPS) is 16.8. The number of nitrogens with zero attached hydrogens (tertiary/aromatic N) is 3. The summed E-state index contributed by atoms with van der Waals surface area (Å²) >= 11 is 0. The van der Waals surface area contributed by atoms with Crippen LogP contribution in [-0.2, 0) is 16.2 Å². The van der Waals surface area contributed by atoms with Crippen LogP contribution in [0.2, 0.25) is 0 Å². The lowest BCUT2D eigenvalue weighted by Gasteiger charge is -2.35. The molecule has 170 valence electrons. The minimum absolute atomic E-state index is 0.0108. The third-order valence-electron chi connectivity index (χ3n) is 5.98. The highest BCUT2D eigenvalue weighted by molar-refractivity contribution is 5.79. The number of benzene rings is 2. The Labute approximate surface area is 189 Å². The van der Waals surface area contributed by atoms with E-state index in [1.54, 1.807) is 0 Å². The van der Waals surface area contributed by atoms with E-state index in [9.17, 15) is 9.59 Å². The molecule has 2 amide bonds. The molecule has 0 bridgehead atoms. The zero-order valence-corrected chi connectivity index (χ0v) is 18.4. The van der Waals surface area contributed by atoms with Gasteiger partial charge in [-0.05, 0) is 42.7 Å². The average molecular weight is 438 g/mol. The van der Waals surface area contributed by atoms with Gasteiger partial charge in [0.25, 0.3) is 5.91 Å². The Hall–Kier alpha value is -3.06. The molecular formula is C25H31N3O4. The van der Waals surface area contributed by atoms with Gasteiger partial charge in [-0.1, -0.05) is 30.3 Å². The van der Waals surface area contributed by atoms with Gasteiger partial charge in [-0.25, -0.2) is 0 Å². The smallest absolute Gasteiger partial charge is 0.260 e. The maximum absolute atomic E-state index is 12.5. The number of rotatable bonds is 8. The first-order chi connectivity index (χ1) is 15.7. The number of hydrogen-bond acceptors (Lipinski definition) is 5. The average Bonchev–Trinajstić information content (AvgIpc) is 3.38. The Kier molecular flexibility index (Phi) is 7.61. The Morgan fingerprint density at radius 3 is 1.94 bits per heavy atom. The fraction of sp³-hybridized carbons (Fsp3) is 0.440. The van der Waals surface area contributed by atoms with E-state index >= 15 is 0 Å². The Morgan fingerprint density at radius 2 is 1.28 bits per heavy atom. The molecule has 4 rings (SSSR count). The highest BCUT2D eigenvalue weighted by Crippen LogP contribution is 2.19. The molecule has 0 radical (unpaired) electrons. The predicted molar refractivity (Wildman–Crippen MR) is 122 cm³/mol. The summed E-state index contributed by atoms with van der Waals surface area (Å²) in [6.45, 7) is 5.44. The molecule has 2 heterocycles. The second kappa shape index (κ2) is 11.0. The molecule has 2 aliphatic rings. The third-order valence-corrected chi connectivity index (χ3v) is 5.98. The van der Waals surface area contributed by atoms with Gasteiger partial charge in [0.1, 0.15) is 18.1 Å². The molecule has 0 N–H and O–H groups in total. The van der Waals surface area contributed by atoms with Gasteiger partial charge in [0.05, 0.1) is 6.54 Å². The maximum Gasteiger partial charge on any atom is 0.260 e. The van der Waals surface area contributed by atoms with Crippen LogP contribution >= 0.6 is 0 Å². The van der Waals surface area contributed by atoms with E-state index in [-0.39, 0.29) is 18.4 Å². The first-order valence-electron chi connectivity index (χ1n) is 11.3. The summed E-state index contributed by atoms with van der Waals surface area (Å²) in [4.78, 5) is 30.7. The van der Waals surface area contributed by atoms with E-state index in [0.717, 1.165) is 50.3 Å². The van der Waals surface area contributed by atoms with Crippen LogP contribution in [0.5, 0.6) is 11.5 Å². The van der Waals surface area contributed by atoms with Crippen LogP contribution in [0.15, 0.2) is 54.6 Å². The monoisotopic (exact) mass is 437 g/mol. The highest BCUT2D eigenvalue weighted by Gasteiger charge is 2.25. The SMILES string of the molecule is O=C(COc1ccc(OCc2ccccc2)cc1)N1CCN(CC(=O)N2CCCC2)CC1. The summed E-state index contributed by atoms with van der Waals surface area (Å²) in [6, 6.07) is 17.3. The lowest BCUT2D eigenvalue weighted by molar-refractivity contribution is -0.136. The molecule has 32 heavy (non-hydrogen) atoms. The topological polar surface area (TPSA) is 62.3 Å². The van der Waals surface area contributed by atoms with Crippen LogP contribution in [0.4, 0.5) is 0 Å². The molecule has 0 spiro atoms. The third kappa shape index (κ3) is 6.23. The number of ether oxygens (including phenoxy) is 2. The van der Waals surface area contributed by atoms with Gasteiger partial charge >= 0.3 is 0 Å². The van der Waals surface area contributed by atoms with E-state index in [0.29, 0.717) is 32.0 Å². The second-order valence-electron chi connectivity index (χ2n) is 8.28. The number of carbonyl (C=O) groups is 2. The highest BCUT2D eigenvalue weighted by atomic mass is 16.5. The summed E-state index contributed by atoms with van der Waals surface area (Å²) in [7, 11) is 0. The van der Waals surface area contributed by atoms with Crippen molar-refractivity contribution in [1.82, 2.24) is 14.7 Å². The molecule has 0 atom stereocenters. The molecule has 2 fully saturated rings. The van der Waals surface area contributed by atoms with E-state index < -0.39 is 0 Å². The van der Waals surface area contributed by atoms with Crippen molar-refractivity contribution < 1.29 is 19.1 Å². The van der Waals surface area contributed by atoms with Crippen molar-refractivity contribution in [1.29, 1.82) is 0 Å². The summed E-state index contributed by atoms with van der Waals surface area (Å²) in [5.74, 6) is 1.58. The van der Waals surface area contributed by atoms with Gasteiger partial charge in [0, 0.05) is 39.3 Å². The van der Waals surface area contributed by atoms with E-state index in [1.807, 2.05) is 64.4 Å². The van der Waals surface area contributed by atoms with Crippen LogP contribution < -0.4 is 9.47 Å². The molecule has 0 aromatic heterocycles. The minimum atomic E-state index is -0.0278. The summed E-state index contributed by atoms with van der Waals surface area (Å²) in [6.07, 6.45) is 2.22. The minimum Gasteiger partial charge on any atom is -0.489 e. The molecule has 2 aromatic carbocycles. The van der Waals surface area contributed by atoms with Crippen molar-refractivity contribution in [2.24, 2.45) is 0 Å². The van der Waals surface area contributed by atoms with Crippen LogP contribution in [0, 0.1) is 0 Å². The van der Waals surface area contributed by atoms with E-state index in [1.165, 1.54) is 0 Å². The van der Waals surface area contributed by atoms with Crippen molar-refractivity contribution in [2.75, 3.05) is 52.4 Å². The van der Waals surface area contributed by atoms with Gasteiger partial charge in [0.2, 0.25) is 5.91 Å². The van der Waals surface area contributed by atoms with Crippen molar-refractivity contribution in [3.05, 3.63) is 60.2 Å². The standard InChI is InChI=1S/C25H31N3O4/c29-24(27-12-4-5-13-27)18-26-14-16-28(17-15-26)25(30)20-32-23-10-8-22(9-11-23)31-19-21-6-2-1-3-7-21/h1-3,6-11H,4-5,12-20H2. The van der Waals surface area contributed by atoms with Gasteiger partial charge in [-0.3, -0.25) is 14.5 Å². The van der Waals surface area contributed by atoms with Crippen molar-refractivity contribution in [3.63, 3.8) is 0 Å². The Morgan fingerprint density at radius 1 is 0.688 bits per heavy atom. The zero-order chi connectivity index (χ0) is 22.2. The maximum atomic E-state index is 12.5. The number of carbonyl (C=O) groups excluding carboxylic acids is 2. The van der Waals surface area contributed by atoms with Crippen molar-refractivity contribution >= 4 is 11.8 Å². The lowest BCUT2D eigenvalue weighted by atomic mass is 10.2. The number of piperazine rings is 1. The lowest BCUT2D eigenvalue weighted by Crippen LogP contribution is -2.52. The zero-order valence-electron chi connectivity index (χ0n) is 18.4. The fourth-order valence-corrected chi connectivity index (χ4v) is 4.02. The second-order valence-corrected chi connectivity index (χ2v) is 8.28. The molecule has 7 nitrogen and oxygen atoms in total. The molecule has 2 saturated heterocycles. The molecule has 7 heteroatoms. The largest absolute Gasteiger partial charge is 0.489 e. The first kappa shape index (κ1) is 22.1. The molecule has 0 aliphatic carbocycles. The predicted octanol–water partition coefficient (Wildman–Crippen LogP) is 2.41. The number of amides is 2. The van der Waals surface area contributed by atoms with Gasteiger partial charge < -0.3 is 19.3 Å². The first-order valence-corrected chi connectivity index (χ1v) is 11.3. The molecule has 0 saturated carbocycles. The summed E-state index contributed by atoms with van der Waals surface area (Å²) in [5.41, 5.74) is 1.11. The van der Waals surface area contributed by atoms with Crippen LogP contribution in [-0.4, -0.2) is 78.9 Å². The number of hydrogen-bond donors (Lipinski definition) is 0. The quantitative estimate of drug-likeness (QED) is 0.635. The van der Waals surface area contributed by atoms with Gasteiger partial charge in [-0.2, -0.15) is 0 Å². The number of likely N-dealkylation sites (tertiary alicyclic amines) is 1. The summed E-state index contributed by atoms with van der Waals surface area (Å²) in [5, 5.41) is 0. The van der Waals surface area contributed by atoms with E-state index in [2.05, 4.69) is 4.90 Å². The molecule has 2 aliphatic heterocycles. The molecular weight excluding hydrogens is 406 g/mol. The van der Waals surface area contributed by atoms with Crippen molar-refractivity contribution in [2.45, 2.75) is 19.4 Å². The fourth-order valence-electron chi connectivity index (χ4n) is 4.02. The van der Waals surface area contributed by atoms with Crippen LogP contribution in [0.25, 0.3) is 0 Å². The van der Waals surface area contributed by atoms with Crippen LogP contribution in [0.1, 0.15) is 18.4 Å². The summed E-state index contributed by atoms with van der Waals surface area (Å²) < 4.78 is 11.5.